The highest BCUT2D eigenvalue weighted by molar-refractivity contribution is 7.92. The maximum Gasteiger partial charge on any atom is 0.264 e. The Kier molecular flexibility index (Phi) is 5.05. The largest absolute Gasteiger partial charge is 0.497 e. The fourth-order valence-electron chi connectivity index (χ4n) is 3.02. The summed E-state index contributed by atoms with van der Waals surface area (Å²) in [6, 6.07) is 15.6. The van der Waals surface area contributed by atoms with Crippen LogP contribution in [0, 0.1) is 0 Å². The Morgan fingerprint density at radius 3 is 2.40 bits per heavy atom. The molecule has 9 heteroatoms. The number of carbonyl (C=O) groups excluding carboxylic acids is 1. The van der Waals surface area contributed by atoms with Gasteiger partial charge in [-0.3, -0.25) is 9.10 Å². The monoisotopic (exact) mass is 444 g/mol. The zero-order valence-corrected chi connectivity index (χ0v) is 17.6. The SMILES string of the molecule is COc1ccc(N(C)S(=O)(=O)c2ccc3c(c2)C(=O)Nc2cc(Cl)ccc2O3)cc1. The second kappa shape index (κ2) is 7.55. The van der Waals surface area contributed by atoms with Crippen molar-refractivity contribution in [3.8, 4) is 17.2 Å². The standard InChI is InChI=1S/C21H17ClN2O5S/c1-24(14-4-6-15(28-2)7-5-14)30(26,27)16-8-10-19-17(12-16)21(25)23-18-11-13(22)3-9-20(18)29-19/h3-12H,1-2H3,(H,23,25). The molecule has 0 bridgehead atoms. The summed E-state index contributed by atoms with van der Waals surface area (Å²) >= 11 is 5.99. The molecule has 3 aromatic rings. The lowest BCUT2D eigenvalue weighted by Gasteiger charge is -2.20. The number of sulfonamides is 1. The molecule has 0 saturated heterocycles. The van der Waals surface area contributed by atoms with Gasteiger partial charge in [0, 0.05) is 12.1 Å². The maximum absolute atomic E-state index is 13.1. The lowest BCUT2D eigenvalue weighted by atomic mass is 10.2. The minimum atomic E-state index is -3.92. The number of ether oxygens (including phenoxy) is 2. The Labute approximate surface area is 178 Å². The molecular weight excluding hydrogens is 428 g/mol. The molecule has 1 aliphatic heterocycles. The maximum atomic E-state index is 13.1. The third kappa shape index (κ3) is 3.55. The van der Waals surface area contributed by atoms with E-state index in [9.17, 15) is 13.2 Å². The number of fused-ring (bicyclic) bond motifs is 2. The summed E-state index contributed by atoms with van der Waals surface area (Å²) in [6.45, 7) is 0. The highest BCUT2D eigenvalue weighted by Gasteiger charge is 2.27. The van der Waals surface area contributed by atoms with Gasteiger partial charge < -0.3 is 14.8 Å². The van der Waals surface area contributed by atoms with Crippen LogP contribution in [0.15, 0.2) is 65.6 Å². The molecule has 1 heterocycles. The van der Waals surface area contributed by atoms with Crippen LogP contribution in [0.2, 0.25) is 5.02 Å². The smallest absolute Gasteiger partial charge is 0.264 e. The van der Waals surface area contributed by atoms with Crippen molar-refractivity contribution in [3.63, 3.8) is 0 Å². The minimum Gasteiger partial charge on any atom is -0.497 e. The second-order valence-corrected chi connectivity index (χ2v) is 8.93. The first kappa shape index (κ1) is 20.1. The first-order valence-electron chi connectivity index (χ1n) is 8.85. The molecule has 0 saturated carbocycles. The summed E-state index contributed by atoms with van der Waals surface area (Å²) < 4.78 is 38.3. The van der Waals surface area contributed by atoms with Crippen LogP contribution in [0.5, 0.6) is 17.2 Å². The second-order valence-electron chi connectivity index (χ2n) is 6.53. The van der Waals surface area contributed by atoms with Crippen molar-refractivity contribution in [1.29, 1.82) is 0 Å². The van der Waals surface area contributed by atoms with Gasteiger partial charge in [0.1, 0.15) is 11.5 Å². The third-order valence-corrected chi connectivity index (χ3v) is 6.72. The predicted octanol–water partition coefficient (Wildman–Crippen LogP) is 4.53. The van der Waals surface area contributed by atoms with Gasteiger partial charge in [-0.15, -0.1) is 0 Å². The Bertz CT molecular complexity index is 1240. The molecule has 0 unspecified atom stereocenters. The molecule has 1 aliphatic rings. The molecule has 154 valence electrons. The quantitative estimate of drug-likeness (QED) is 0.639. The normalized spacial score (nSPS) is 12.7. The molecule has 0 aromatic heterocycles. The van der Waals surface area contributed by atoms with Crippen LogP contribution in [0.1, 0.15) is 10.4 Å². The Hall–Kier alpha value is -3.23. The molecule has 3 aromatic carbocycles. The number of amides is 1. The molecule has 0 fully saturated rings. The number of carbonyl (C=O) groups is 1. The summed E-state index contributed by atoms with van der Waals surface area (Å²) in [4.78, 5) is 12.7. The van der Waals surface area contributed by atoms with Crippen molar-refractivity contribution in [1.82, 2.24) is 0 Å². The van der Waals surface area contributed by atoms with Gasteiger partial charge in [-0.2, -0.15) is 0 Å². The molecule has 7 nitrogen and oxygen atoms in total. The summed E-state index contributed by atoms with van der Waals surface area (Å²) in [7, 11) is -0.945. The van der Waals surface area contributed by atoms with E-state index in [0.29, 0.717) is 27.9 Å². The van der Waals surface area contributed by atoms with Crippen LogP contribution in [0.4, 0.5) is 11.4 Å². The van der Waals surface area contributed by atoms with Crippen LogP contribution in [0.25, 0.3) is 0 Å². The van der Waals surface area contributed by atoms with E-state index in [0.717, 1.165) is 4.31 Å². The molecule has 0 spiro atoms. The number of rotatable bonds is 4. The van der Waals surface area contributed by atoms with Gasteiger partial charge in [-0.1, -0.05) is 11.6 Å². The predicted molar refractivity (Wildman–Crippen MR) is 115 cm³/mol. The van der Waals surface area contributed by atoms with Crippen LogP contribution < -0.4 is 19.1 Å². The number of anilines is 2. The van der Waals surface area contributed by atoms with E-state index in [1.165, 1.54) is 32.4 Å². The zero-order valence-electron chi connectivity index (χ0n) is 16.0. The molecular formula is C21H17ClN2O5S. The molecule has 0 radical (unpaired) electrons. The van der Waals surface area contributed by atoms with Crippen LogP contribution >= 0.6 is 11.6 Å². The molecule has 4 rings (SSSR count). The molecule has 1 N–H and O–H groups in total. The van der Waals surface area contributed by atoms with Crippen molar-refractivity contribution < 1.29 is 22.7 Å². The average molecular weight is 445 g/mol. The summed E-state index contributed by atoms with van der Waals surface area (Å²) in [6.07, 6.45) is 0. The van der Waals surface area contributed by atoms with E-state index in [1.807, 2.05) is 0 Å². The van der Waals surface area contributed by atoms with Gasteiger partial charge in [0.25, 0.3) is 15.9 Å². The lowest BCUT2D eigenvalue weighted by molar-refractivity contribution is 0.102. The van der Waals surface area contributed by atoms with E-state index < -0.39 is 15.9 Å². The van der Waals surface area contributed by atoms with Gasteiger partial charge in [0.2, 0.25) is 0 Å². The number of nitrogens with one attached hydrogen (secondary N) is 1. The molecule has 30 heavy (non-hydrogen) atoms. The van der Waals surface area contributed by atoms with E-state index in [4.69, 9.17) is 21.1 Å². The van der Waals surface area contributed by atoms with Gasteiger partial charge in [-0.05, 0) is 60.7 Å². The first-order chi connectivity index (χ1) is 14.3. The summed E-state index contributed by atoms with van der Waals surface area (Å²) in [5.74, 6) is 0.787. The Morgan fingerprint density at radius 1 is 1.00 bits per heavy atom. The highest BCUT2D eigenvalue weighted by Crippen LogP contribution is 2.38. The van der Waals surface area contributed by atoms with E-state index in [1.54, 1.807) is 42.5 Å². The van der Waals surface area contributed by atoms with Crippen LogP contribution in [-0.4, -0.2) is 28.5 Å². The van der Waals surface area contributed by atoms with Gasteiger partial charge in [0.15, 0.2) is 5.75 Å². The third-order valence-electron chi connectivity index (χ3n) is 4.70. The summed E-state index contributed by atoms with van der Waals surface area (Å²) in [5, 5.41) is 3.14. The van der Waals surface area contributed by atoms with Crippen molar-refractivity contribution in [2.45, 2.75) is 4.90 Å². The summed E-state index contributed by atoms with van der Waals surface area (Å²) in [5.41, 5.74) is 0.962. The van der Waals surface area contributed by atoms with Gasteiger partial charge >= 0.3 is 0 Å². The number of hydrogen-bond donors (Lipinski definition) is 1. The number of hydrogen-bond acceptors (Lipinski definition) is 5. The first-order valence-corrected chi connectivity index (χ1v) is 10.7. The van der Waals surface area contributed by atoms with Crippen molar-refractivity contribution in [3.05, 3.63) is 71.2 Å². The topological polar surface area (TPSA) is 84.9 Å². The fraction of sp³-hybridized carbons (Fsp3) is 0.0952. The molecule has 0 aliphatic carbocycles. The molecule has 1 amide bonds. The minimum absolute atomic E-state index is 0.0395. The van der Waals surface area contributed by atoms with Crippen molar-refractivity contribution >= 4 is 38.9 Å². The highest BCUT2D eigenvalue weighted by atomic mass is 35.5. The zero-order chi connectivity index (χ0) is 21.5. The number of methoxy groups -OCH3 is 1. The molecule has 0 atom stereocenters. The fourth-order valence-corrected chi connectivity index (χ4v) is 4.42. The van der Waals surface area contributed by atoms with E-state index in [-0.39, 0.29) is 16.2 Å². The van der Waals surface area contributed by atoms with Crippen LogP contribution in [0.3, 0.4) is 0 Å². The van der Waals surface area contributed by atoms with E-state index in [2.05, 4.69) is 5.32 Å². The van der Waals surface area contributed by atoms with Gasteiger partial charge in [0.05, 0.1) is 28.9 Å². The number of benzene rings is 3. The Balaban J connectivity index is 1.70. The Morgan fingerprint density at radius 2 is 1.70 bits per heavy atom. The number of halogens is 1. The van der Waals surface area contributed by atoms with E-state index >= 15 is 0 Å². The van der Waals surface area contributed by atoms with Crippen LogP contribution in [-0.2, 0) is 10.0 Å². The number of nitrogens with zero attached hydrogens (tertiary/aromatic N) is 1. The van der Waals surface area contributed by atoms with Gasteiger partial charge in [-0.25, -0.2) is 8.42 Å². The average Bonchev–Trinajstić information content (AvgIpc) is 2.88. The van der Waals surface area contributed by atoms with Crippen molar-refractivity contribution in [2.24, 2.45) is 0 Å². The lowest BCUT2D eigenvalue weighted by Crippen LogP contribution is -2.26. The van der Waals surface area contributed by atoms with Crippen molar-refractivity contribution in [2.75, 3.05) is 23.8 Å².